The summed E-state index contributed by atoms with van der Waals surface area (Å²) >= 11 is 12.4. The normalized spacial score (nSPS) is 11.1. The number of nitrogens with zero attached hydrogens (tertiary/aromatic N) is 1. The molecule has 1 aromatic rings. The second-order valence-electron chi connectivity index (χ2n) is 5.10. The SMILES string of the molecule is CCNC(=NCCCOCCOC)NCCc1c(Cl)cccc1Cl.I. The van der Waals surface area contributed by atoms with E-state index in [0.29, 0.717) is 43.0 Å². The van der Waals surface area contributed by atoms with Gasteiger partial charge in [0.2, 0.25) is 0 Å². The lowest BCUT2D eigenvalue weighted by Crippen LogP contribution is -2.38. The minimum Gasteiger partial charge on any atom is -0.382 e. The van der Waals surface area contributed by atoms with E-state index >= 15 is 0 Å². The predicted octanol–water partition coefficient (Wildman–Crippen LogP) is 3.76. The van der Waals surface area contributed by atoms with Crippen LogP contribution in [-0.2, 0) is 15.9 Å². The summed E-state index contributed by atoms with van der Waals surface area (Å²) in [4.78, 5) is 4.52. The van der Waals surface area contributed by atoms with Crippen molar-refractivity contribution in [2.45, 2.75) is 19.8 Å². The van der Waals surface area contributed by atoms with Crippen LogP contribution in [0.15, 0.2) is 23.2 Å². The van der Waals surface area contributed by atoms with Crippen LogP contribution in [0.2, 0.25) is 10.0 Å². The van der Waals surface area contributed by atoms with Crippen molar-refractivity contribution in [2.75, 3.05) is 46.6 Å². The maximum atomic E-state index is 6.18. The van der Waals surface area contributed by atoms with Crippen LogP contribution in [0, 0.1) is 0 Å². The molecule has 8 heteroatoms. The number of hydrogen-bond donors (Lipinski definition) is 2. The van der Waals surface area contributed by atoms with Gasteiger partial charge in [-0.3, -0.25) is 4.99 Å². The first-order chi connectivity index (χ1) is 11.7. The van der Waals surface area contributed by atoms with Crippen molar-refractivity contribution in [3.05, 3.63) is 33.8 Å². The summed E-state index contributed by atoms with van der Waals surface area (Å²) in [7, 11) is 1.66. The topological polar surface area (TPSA) is 54.9 Å². The number of guanidine groups is 1. The van der Waals surface area contributed by atoms with Crippen LogP contribution in [0.25, 0.3) is 0 Å². The number of rotatable bonds is 11. The molecule has 2 N–H and O–H groups in total. The fraction of sp³-hybridized carbons (Fsp3) is 0.588. The van der Waals surface area contributed by atoms with Crippen molar-refractivity contribution in [1.82, 2.24) is 10.6 Å². The number of methoxy groups -OCH3 is 1. The van der Waals surface area contributed by atoms with Gasteiger partial charge in [0, 0.05) is 43.4 Å². The van der Waals surface area contributed by atoms with Gasteiger partial charge in [-0.2, -0.15) is 0 Å². The van der Waals surface area contributed by atoms with Gasteiger partial charge in [0.1, 0.15) is 0 Å². The molecular weight excluding hydrogens is 476 g/mol. The van der Waals surface area contributed by atoms with E-state index < -0.39 is 0 Å². The highest BCUT2D eigenvalue weighted by molar-refractivity contribution is 14.0. The van der Waals surface area contributed by atoms with Crippen LogP contribution in [0.5, 0.6) is 0 Å². The molecule has 1 aromatic carbocycles. The number of ether oxygens (including phenoxy) is 2. The maximum absolute atomic E-state index is 6.18. The number of nitrogens with one attached hydrogen (secondary N) is 2. The molecule has 0 aliphatic carbocycles. The lowest BCUT2D eigenvalue weighted by molar-refractivity contribution is 0.0702. The Kier molecular flexibility index (Phi) is 15.8. The molecule has 0 bridgehead atoms. The molecule has 0 saturated carbocycles. The molecule has 1 rings (SSSR count). The average Bonchev–Trinajstić information content (AvgIpc) is 2.56. The largest absolute Gasteiger partial charge is 0.382 e. The second-order valence-corrected chi connectivity index (χ2v) is 5.91. The molecule has 0 radical (unpaired) electrons. The summed E-state index contributed by atoms with van der Waals surface area (Å²) in [6.45, 7) is 6.19. The number of benzene rings is 1. The van der Waals surface area contributed by atoms with Crippen molar-refractivity contribution >= 4 is 53.1 Å². The fourth-order valence-electron chi connectivity index (χ4n) is 2.02. The molecule has 0 amide bonds. The third-order valence-corrected chi connectivity index (χ3v) is 3.93. The quantitative estimate of drug-likeness (QED) is 0.209. The Morgan fingerprint density at radius 3 is 2.48 bits per heavy atom. The first-order valence-electron chi connectivity index (χ1n) is 8.20. The van der Waals surface area contributed by atoms with Crippen LogP contribution >= 0.6 is 47.2 Å². The van der Waals surface area contributed by atoms with E-state index in [9.17, 15) is 0 Å². The summed E-state index contributed by atoms with van der Waals surface area (Å²) < 4.78 is 10.3. The zero-order valence-corrected chi connectivity index (χ0v) is 18.7. The van der Waals surface area contributed by atoms with Crippen molar-refractivity contribution in [1.29, 1.82) is 0 Å². The molecule has 25 heavy (non-hydrogen) atoms. The monoisotopic (exact) mass is 503 g/mol. The number of hydrogen-bond acceptors (Lipinski definition) is 3. The fourth-order valence-corrected chi connectivity index (χ4v) is 2.61. The Morgan fingerprint density at radius 1 is 1.12 bits per heavy atom. The lowest BCUT2D eigenvalue weighted by Gasteiger charge is -2.12. The zero-order chi connectivity index (χ0) is 17.6. The van der Waals surface area contributed by atoms with Gasteiger partial charge in [-0.15, -0.1) is 24.0 Å². The second kappa shape index (κ2) is 15.9. The Morgan fingerprint density at radius 2 is 1.84 bits per heavy atom. The van der Waals surface area contributed by atoms with Gasteiger partial charge in [0.05, 0.1) is 13.2 Å². The summed E-state index contributed by atoms with van der Waals surface area (Å²) in [5.74, 6) is 0.789. The van der Waals surface area contributed by atoms with Gasteiger partial charge < -0.3 is 20.1 Å². The standard InChI is InChI=1S/C17H27Cl2N3O2.HI/c1-3-20-17(21-9-5-11-24-13-12-23-2)22-10-8-14-15(18)6-4-7-16(14)19;/h4,6-7H,3,5,8-13H2,1-2H3,(H2,20,21,22);1H. The average molecular weight is 504 g/mol. The Bertz CT molecular complexity index is 485. The molecule has 0 aliphatic rings. The van der Waals surface area contributed by atoms with E-state index in [-0.39, 0.29) is 24.0 Å². The van der Waals surface area contributed by atoms with Gasteiger partial charge in [0.15, 0.2) is 5.96 Å². The van der Waals surface area contributed by atoms with E-state index in [0.717, 1.165) is 30.9 Å². The molecule has 0 spiro atoms. The van der Waals surface area contributed by atoms with E-state index in [1.54, 1.807) is 7.11 Å². The van der Waals surface area contributed by atoms with E-state index in [4.69, 9.17) is 32.7 Å². The van der Waals surface area contributed by atoms with E-state index in [1.807, 2.05) is 25.1 Å². The van der Waals surface area contributed by atoms with Crippen LogP contribution in [-0.4, -0.2) is 52.5 Å². The first kappa shape index (κ1) is 24.7. The zero-order valence-electron chi connectivity index (χ0n) is 14.8. The highest BCUT2D eigenvalue weighted by atomic mass is 127. The van der Waals surface area contributed by atoms with E-state index in [2.05, 4.69) is 15.6 Å². The molecule has 0 saturated heterocycles. The molecule has 5 nitrogen and oxygen atoms in total. The van der Waals surface area contributed by atoms with Gasteiger partial charge >= 0.3 is 0 Å². The lowest BCUT2D eigenvalue weighted by atomic mass is 10.1. The van der Waals surface area contributed by atoms with Crippen molar-refractivity contribution < 1.29 is 9.47 Å². The van der Waals surface area contributed by atoms with Crippen LogP contribution in [0.3, 0.4) is 0 Å². The first-order valence-corrected chi connectivity index (χ1v) is 8.96. The van der Waals surface area contributed by atoms with Crippen LogP contribution in [0.4, 0.5) is 0 Å². The van der Waals surface area contributed by atoms with Gasteiger partial charge in [-0.1, -0.05) is 29.3 Å². The Labute approximate surface area is 177 Å². The minimum atomic E-state index is 0. The highest BCUT2D eigenvalue weighted by Crippen LogP contribution is 2.24. The summed E-state index contributed by atoms with van der Waals surface area (Å²) in [5, 5.41) is 7.90. The molecular formula is C17H28Cl2IN3O2. The molecule has 0 aromatic heterocycles. The Hall–Kier alpha value is -0.280. The molecule has 0 heterocycles. The molecule has 0 fully saturated rings. The molecule has 0 atom stereocenters. The molecule has 0 aliphatic heterocycles. The third kappa shape index (κ3) is 11.1. The number of aliphatic imine (C=N–C) groups is 1. The smallest absolute Gasteiger partial charge is 0.191 e. The van der Waals surface area contributed by atoms with Gasteiger partial charge in [-0.25, -0.2) is 0 Å². The molecule has 144 valence electrons. The van der Waals surface area contributed by atoms with Gasteiger partial charge in [-0.05, 0) is 37.5 Å². The van der Waals surface area contributed by atoms with Crippen LogP contribution in [0.1, 0.15) is 18.9 Å². The summed E-state index contributed by atoms with van der Waals surface area (Å²) in [6.07, 6.45) is 1.61. The number of halogens is 3. The van der Waals surface area contributed by atoms with Crippen molar-refractivity contribution in [3.63, 3.8) is 0 Å². The summed E-state index contributed by atoms with van der Waals surface area (Å²) in [6, 6.07) is 5.55. The summed E-state index contributed by atoms with van der Waals surface area (Å²) in [5.41, 5.74) is 0.954. The van der Waals surface area contributed by atoms with E-state index in [1.165, 1.54) is 0 Å². The van der Waals surface area contributed by atoms with Crippen molar-refractivity contribution in [2.24, 2.45) is 4.99 Å². The van der Waals surface area contributed by atoms with Gasteiger partial charge in [0.25, 0.3) is 0 Å². The third-order valence-electron chi connectivity index (χ3n) is 3.22. The minimum absolute atomic E-state index is 0. The highest BCUT2D eigenvalue weighted by Gasteiger charge is 2.05. The van der Waals surface area contributed by atoms with Crippen molar-refractivity contribution in [3.8, 4) is 0 Å². The van der Waals surface area contributed by atoms with Crippen LogP contribution < -0.4 is 10.6 Å². The Balaban J connectivity index is 0.00000576. The molecule has 0 unspecified atom stereocenters. The maximum Gasteiger partial charge on any atom is 0.191 e. The predicted molar refractivity (Wildman–Crippen MR) is 117 cm³/mol.